The quantitative estimate of drug-likeness (QED) is 0.107. The van der Waals surface area contributed by atoms with Crippen LogP contribution in [0.3, 0.4) is 0 Å². The van der Waals surface area contributed by atoms with E-state index < -0.39 is 6.04 Å². The lowest BCUT2D eigenvalue weighted by molar-refractivity contribution is -0.125. The van der Waals surface area contributed by atoms with Crippen molar-refractivity contribution in [2.45, 2.75) is 77.3 Å². The van der Waals surface area contributed by atoms with Crippen LogP contribution < -0.4 is 31.7 Å². The first kappa shape index (κ1) is 50.2. The van der Waals surface area contributed by atoms with Crippen LogP contribution in [0.2, 0.25) is 0 Å². The lowest BCUT2D eigenvalue weighted by Gasteiger charge is -2.39. The van der Waals surface area contributed by atoms with Gasteiger partial charge >= 0.3 is 6.03 Å². The summed E-state index contributed by atoms with van der Waals surface area (Å²) < 4.78 is 5.75. The number of carbonyl (C=O) groups excluding carboxylic acids is 4. The van der Waals surface area contributed by atoms with Gasteiger partial charge in [0.2, 0.25) is 5.91 Å². The van der Waals surface area contributed by atoms with Gasteiger partial charge in [0, 0.05) is 83.2 Å². The summed E-state index contributed by atoms with van der Waals surface area (Å²) >= 11 is 0. The maximum absolute atomic E-state index is 13.2. The molecule has 5 aliphatic rings. The minimum Gasteiger partial charge on any atom is -0.457 e. The van der Waals surface area contributed by atoms with Crippen molar-refractivity contribution in [2.24, 2.45) is 22.4 Å². The summed E-state index contributed by atoms with van der Waals surface area (Å²) in [5.41, 5.74) is 15.1. The number of hydrogen-bond donors (Lipinski definition) is 4. The molecule has 0 aromatic heterocycles. The second kappa shape index (κ2) is 25.6. The molecule has 0 bridgehead atoms. The van der Waals surface area contributed by atoms with Crippen LogP contribution in [0.15, 0.2) is 96.1 Å². The van der Waals surface area contributed by atoms with Crippen molar-refractivity contribution in [3.63, 3.8) is 0 Å². The van der Waals surface area contributed by atoms with Crippen molar-refractivity contribution in [3.8, 4) is 11.5 Å². The fraction of sp³-hybridized carbons (Fsp3) is 0.481. The molecule has 3 aromatic carbocycles. The van der Waals surface area contributed by atoms with Gasteiger partial charge in [0.25, 0.3) is 5.91 Å². The normalized spacial score (nSPS) is 18.4. The van der Waals surface area contributed by atoms with Crippen LogP contribution in [0.1, 0.15) is 86.2 Å². The number of piperazine rings is 1. The third-order valence-electron chi connectivity index (χ3n) is 13.2. The molecule has 3 aromatic rings. The summed E-state index contributed by atoms with van der Waals surface area (Å²) in [6.07, 6.45) is 11.7. The highest BCUT2D eigenvalue weighted by atomic mass is 16.5. The summed E-state index contributed by atoms with van der Waals surface area (Å²) in [4.78, 5) is 65.2. The molecule has 0 saturated carbocycles. The average molecular weight is 917 g/mol. The van der Waals surface area contributed by atoms with E-state index in [4.69, 9.17) is 10.5 Å². The van der Waals surface area contributed by atoms with Gasteiger partial charge in [-0.2, -0.15) is 0 Å². The summed E-state index contributed by atoms with van der Waals surface area (Å²) in [6, 6.07) is 22.8. The number of benzene rings is 3. The minimum atomic E-state index is -0.477. The molecule has 15 heteroatoms. The van der Waals surface area contributed by atoms with E-state index in [9.17, 15) is 19.2 Å². The number of amides is 4. The van der Waals surface area contributed by atoms with Crippen LogP contribution in [0.5, 0.6) is 11.5 Å². The zero-order chi connectivity index (χ0) is 47.5. The minimum absolute atomic E-state index is 0.0559. The van der Waals surface area contributed by atoms with Crippen LogP contribution in [-0.2, 0) is 16.1 Å². The predicted molar refractivity (Wildman–Crippen MR) is 267 cm³/mol. The topological polar surface area (TPSA) is 182 Å². The number of ether oxygens (including phenoxy) is 1. The van der Waals surface area contributed by atoms with Crippen molar-refractivity contribution in [2.75, 3.05) is 83.9 Å². The Labute approximate surface area is 397 Å². The molecule has 15 nitrogen and oxygen atoms in total. The zero-order valence-corrected chi connectivity index (χ0v) is 39.7. The number of rotatable bonds is 14. The number of hydrogen-bond acceptors (Lipinski definition) is 11. The number of carbonyl (C=O) groups is 4. The maximum Gasteiger partial charge on any atom is 0.320 e. The zero-order valence-electron chi connectivity index (χ0n) is 39.7. The number of urea groups is 1. The standard InChI is InChI=1S/C32H48N6O3.C19H19N3O2.CH5N/c1-3-8-29(30(39)33-4-2)38-24-26-23-27(9-10-28(26)31(38)40)35-17-12-25(13-18-35)11-16-34-19-21-37(22-20-34)32(41)36-14-6-5-7-15-36;20-18(17(13-23)19-21-11-4-12-22-19)14-7-9-16(10-8-14)24-15-5-2-1-3-6-15;1-2/h4,9-10,23,25,29H,2-3,5-8,11-22,24H2,1H3,(H,33,39);1-3,5-10,13H,4,11-12,20H2,(H,21,22);2H2,1H3/b;18-17-;. The van der Waals surface area contributed by atoms with Crippen molar-refractivity contribution >= 4 is 41.4 Å². The molecule has 360 valence electrons. The number of likely N-dealkylation sites (tertiary alicyclic amines) is 1. The Balaban J connectivity index is 0.000000242. The molecule has 67 heavy (non-hydrogen) atoms. The molecule has 5 heterocycles. The predicted octanol–water partition coefficient (Wildman–Crippen LogP) is 6.22. The van der Waals surface area contributed by atoms with E-state index in [0.717, 1.165) is 120 Å². The Bertz CT molecular complexity index is 2160. The lowest BCUT2D eigenvalue weighted by atomic mass is 9.92. The van der Waals surface area contributed by atoms with E-state index in [0.29, 0.717) is 47.9 Å². The average Bonchev–Trinajstić information content (AvgIpc) is 3.71. The summed E-state index contributed by atoms with van der Waals surface area (Å²) in [5.74, 6) is 2.54. The summed E-state index contributed by atoms with van der Waals surface area (Å²) in [7, 11) is 1.50. The molecule has 4 amide bonds. The number of aldehydes is 1. The number of anilines is 1. The van der Waals surface area contributed by atoms with E-state index in [1.165, 1.54) is 44.6 Å². The highest BCUT2D eigenvalue weighted by Crippen LogP contribution is 2.32. The highest BCUT2D eigenvalue weighted by Gasteiger charge is 2.36. The molecule has 1 unspecified atom stereocenters. The SMILES string of the molecule is C=CNC(=O)C(CCC)N1Cc2cc(N3CCC(CCN4CCN(C(=O)N5CCCCC5)CC4)CC3)ccc2C1=O.CN.N/C(=C(/C=O)C1=NCCCN1)c1ccc(Oc2ccccc2)cc1. The van der Waals surface area contributed by atoms with E-state index in [1.54, 1.807) is 4.90 Å². The first-order valence-electron chi connectivity index (χ1n) is 24.3. The summed E-state index contributed by atoms with van der Waals surface area (Å²) in [6.45, 7) is 16.3. The molecule has 8 rings (SSSR count). The fourth-order valence-corrected chi connectivity index (χ4v) is 9.41. The van der Waals surface area contributed by atoms with Gasteiger partial charge < -0.3 is 46.4 Å². The van der Waals surface area contributed by atoms with Gasteiger partial charge in [-0.05, 0) is 143 Å². The van der Waals surface area contributed by atoms with Gasteiger partial charge in [-0.1, -0.05) is 38.1 Å². The third kappa shape index (κ3) is 13.5. The van der Waals surface area contributed by atoms with Gasteiger partial charge in [0.05, 0.1) is 11.3 Å². The molecule has 1 atom stereocenters. The number of nitrogens with one attached hydrogen (secondary N) is 2. The maximum atomic E-state index is 13.2. The van der Waals surface area contributed by atoms with Crippen LogP contribution >= 0.6 is 0 Å². The third-order valence-corrected chi connectivity index (χ3v) is 13.2. The fourth-order valence-electron chi connectivity index (χ4n) is 9.41. The Hall–Kier alpha value is -6.19. The molecule has 5 aliphatic heterocycles. The number of para-hydroxylation sites is 1. The van der Waals surface area contributed by atoms with Gasteiger partial charge in [0.15, 0.2) is 6.29 Å². The molecular weight excluding hydrogens is 845 g/mol. The largest absolute Gasteiger partial charge is 0.457 e. The van der Waals surface area contributed by atoms with E-state index in [-0.39, 0.29) is 17.8 Å². The Morgan fingerprint density at radius 3 is 2.22 bits per heavy atom. The molecule has 3 fully saturated rings. The monoisotopic (exact) mass is 917 g/mol. The Morgan fingerprint density at radius 2 is 1.58 bits per heavy atom. The lowest BCUT2D eigenvalue weighted by Crippen LogP contribution is -2.53. The van der Waals surface area contributed by atoms with Gasteiger partial charge in [-0.25, -0.2) is 4.79 Å². The van der Waals surface area contributed by atoms with Crippen LogP contribution in [0, 0.1) is 5.92 Å². The number of amidine groups is 1. The van der Waals surface area contributed by atoms with E-state index in [2.05, 4.69) is 54.8 Å². The number of aliphatic imine (C=N–C) groups is 1. The van der Waals surface area contributed by atoms with Crippen LogP contribution in [-0.4, -0.2) is 135 Å². The second-order valence-corrected chi connectivity index (χ2v) is 17.6. The number of piperidine rings is 2. The number of nitrogens with two attached hydrogens (primary N) is 2. The van der Waals surface area contributed by atoms with Gasteiger partial charge in [-0.3, -0.25) is 24.3 Å². The summed E-state index contributed by atoms with van der Waals surface area (Å²) in [5, 5.41) is 5.80. The smallest absolute Gasteiger partial charge is 0.320 e. The molecule has 3 saturated heterocycles. The van der Waals surface area contributed by atoms with Crippen molar-refractivity contribution in [1.82, 2.24) is 30.2 Å². The van der Waals surface area contributed by atoms with Crippen molar-refractivity contribution in [1.29, 1.82) is 0 Å². The van der Waals surface area contributed by atoms with Crippen molar-refractivity contribution in [3.05, 3.63) is 108 Å². The molecule has 0 aliphatic carbocycles. The highest BCUT2D eigenvalue weighted by molar-refractivity contribution is 6.19. The van der Waals surface area contributed by atoms with Crippen LogP contribution in [0.4, 0.5) is 10.5 Å². The first-order valence-corrected chi connectivity index (χ1v) is 24.3. The Morgan fingerprint density at radius 1 is 0.896 bits per heavy atom. The number of nitrogens with zero attached hydrogens (tertiary/aromatic N) is 6. The van der Waals surface area contributed by atoms with E-state index in [1.807, 2.05) is 72.5 Å². The second-order valence-electron chi connectivity index (χ2n) is 17.6. The van der Waals surface area contributed by atoms with Crippen LogP contribution in [0.25, 0.3) is 5.70 Å². The van der Waals surface area contributed by atoms with E-state index >= 15 is 0 Å². The molecule has 0 radical (unpaired) electrons. The molecule has 0 spiro atoms. The Kier molecular flexibility index (Phi) is 19.2. The van der Waals surface area contributed by atoms with Gasteiger partial charge in [-0.15, -0.1) is 0 Å². The first-order chi connectivity index (χ1) is 32.8. The van der Waals surface area contributed by atoms with Gasteiger partial charge in [0.1, 0.15) is 23.4 Å². The number of fused-ring (bicyclic) bond motifs is 1. The molecular formula is C52H72N10O5. The molecule has 6 N–H and O–H groups in total. The van der Waals surface area contributed by atoms with Crippen molar-refractivity contribution < 1.29 is 23.9 Å².